The maximum atomic E-state index is 4.32. The molecule has 3 rings (SSSR count). The normalized spacial score (nSPS) is 19.0. The smallest absolute Gasteiger partial charge is 0.191 e. The molecule has 1 fully saturated rings. The Balaban J connectivity index is 1.43. The molecule has 1 aliphatic rings. The number of nitrogens with zero attached hydrogens (tertiary/aromatic N) is 4. The van der Waals surface area contributed by atoms with Crippen molar-refractivity contribution >= 4 is 23.4 Å². The minimum Gasteiger partial charge on any atom is -0.356 e. The molecular formula is C16H24N6S. The van der Waals surface area contributed by atoms with E-state index >= 15 is 0 Å². The number of nitrogens with one attached hydrogen (secondary N) is 2. The summed E-state index contributed by atoms with van der Waals surface area (Å²) in [4.78, 5) is 4.32. The molecule has 3 heterocycles. The Bertz CT molecular complexity index is 647. The van der Waals surface area contributed by atoms with Crippen LogP contribution in [0, 0.1) is 0 Å². The van der Waals surface area contributed by atoms with Gasteiger partial charge in [-0.2, -0.15) is 11.8 Å². The summed E-state index contributed by atoms with van der Waals surface area (Å²) in [7, 11) is 1.83. The Labute approximate surface area is 141 Å². The van der Waals surface area contributed by atoms with E-state index in [2.05, 4.69) is 25.8 Å². The third kappa shape index (κ3) is 4.37. The lowest BCUT2D eigenvalue weighted by Gasteiger charge is -2.24. The maximum Gasteiger partial charge on any atom is 0.191 e. The average molecular weight is 332 g/mol. The number of thioether (sulfide) groups is 1. The van der Waals surface area contributed by atoms with Crippen LogP contribution < -0.4 is 10.6 Å². The molecule has 23 heavy (non-hydrogen) atoms. The summed E-state index contributed by atoms with van der Waals surface area (Å²) in [5.74, 6) is 4.38. The quantitative estimate of drug-likeness (QED) is 0.496. The first-order valence-corrected chi connectivity index (χ1v) is 9.36. The van der Waals surface area contributed by atoms with Gasteiger partial charge in [-0.25, -0.2) is 0 Å². The molecule has 1 atom stereocenters. The summed E-state index contributed by atoms with van der Waals surface area (Å²) in [6, 6.07) is 6.50. The zero-order valence-electron chi connectivity index (χ0n) is 13.5. The van der Waals surface area contributed by atoms with E-state index in [1.165, 1.54) is 24.3 Å². The largest absolute Gasteiger partial charge is 0.356 e. The van der Waals surface area contributed by atoms with Crippen LogP contribution in [-0.2, 0) is 6.42 Å². The molecule has 0 saturated carbocycles. The SMILES string of the molecule is CN=C(NCCCc1nnc2ccccn12)NC1CCCSC1. The maximum absolute atomic E-state index is 4.32. The molecule has 124 valence electrons. The highest BCUT2D eigenvalue weighted by molar-refractivity contribution is 7.99. The van der Waals surface area contributed by atoms with E-state index in [-0.39, 0.29) is 0 Å². The highest BCUT2D eigenvalue weighted by Gasteiger charge is 2.14. The first kappa shape index (κ1) is 16.1. The number of aryl methyl sites for hydroxylation is 1. The summed E-state index contributed by atoms with van der Waals surface area (Å²) >= 11 is 2.02. The Hall–Kier alpha value is -1.76. The fraction of sp³-hybridized carbons (Fsp3) is 0.562. The number of aromatic nitrogens is 3. The van der Waals surface area contributed by atoms with Crippen molar-refractivity contribution in [2.24, 2.45) is 4.99 Å². The van der Waals surface area contributed by atoms with E-state index in [4.69, 9.17) is 0 Å². The van der Waals surface area contributed by atoms with E-state index in [0.717, 1.165) is 36.8 Å². The van der Waals surface area contributed by atoms with Gasteiger partial charge in [0.05, 0.1) is 0 Å². The lowest BCUT2D eigenvalue weighted by molar-refractivity contribution is 0.580. The Morgan fingerprint density at radius 2 is 2.39 bits per heavy atom. The number of fused-ring (bicyclic) bond motifs is 1. The monoisotopic (exact) mass is 332 g/mol. The lowest BCUT2D eigenvalue weighted by atomic mass is 10.2. The number of guanidine groups is 1. The van der Waals surface area contributed by atoms with Crippen molar-refractivity contribution in [1.29, 1.82) is 0 Å². The van der Waals surface area contributed by atoms with Crippen LogP contribution in [0.4, 0.5) is 0 Å². The van der Waals surface area contributed by atoms with Crippen LogP contribution in [0.5, 0.6) is 0 Å². The van der Waals surface area contributed by atoms with E-state index in [9.17, 15) is 0 Å². The molecule has 0 spiro atoms. The van der Waals surface area contributed by atoms with Crippen molar-refractivity contribution in [3.63, 3.8) is 0 Å². The molecule has 1 aliphatic heterocycles. The zero-order chi connectivity index (χ0) is 15.9. The van der Waals surface area contributed by atoms with Crippen molar-refractivity contribution in [2.75, 3.05) is 25.1 Å². The van der Waals surface area contributed by atoms with Gasteiger partial charge in [-0.15, -0.1) is 10.2 Å². The molecule has 0 aliphatic carbocycles. The Kier molecular flexibility index (Phi) is 5.74. The van der Waals surface area contributed by atoms with Gasteiger partial charge in [0.15, 0.2) is 11.6 Å². The molecule has 2 aromatic heterocycles. The predicted octanol–water partition coefficient (Wildman–Crippen LogP) is 1.72. The third-order valence-corrected chi connectivity index (χ3v) is 5.19. The van der Waals surface area contributed by atoms with Crippen molar-refractivity contribution in [3.05, 3.63) is 30.2 Å². The number of rotatable bonds is 5. The van der Waals surface area contributed by atoms with Gasteiger partial charge in [-0.05, 0) is 37.1 Å². The fourth-order valence-corrected chi connectivity index (χ4v) is 3.83. The number of aliphatic imine (C=N–C) groups is 1. The second-order valence-electron chi connectivity index (χ2n) is 5.71. The van der Waals surface area contributed by atoms with Gasteiger partial charge in [0.25, 0.3) is 0 Å². The van der Waals surface area contributed by atoms with Crippen molar-refractivity contribution in [2.45, 2.75) is 31.7 Å². The van der Waals surface area contributed by atoms with Crippen LogP contribution in [0.1, 0.15) is 25.1 Å². The Morgan fingerprint density at radius 1 is 1.43 bits per heavy atom. The van der Waals surface area contributed by atoms with Crippen molar-refractivity contribution < 1.29 is 0 Å². The first-order valence-electron chi connectivity index (χ1n) is 8.20. The van der Waals surface area contributed by atoms with Gasteiger partial charge in [-0.1, -0.05) is 6.07 Å². The zero-order valence-corrected chi connectivity index (χ0v) is 14.4. The Morgan fingerprint density at radius 3 is 3.22 bits per heavy atom. The minimum absolute atomic E-state index is 0.542. The van der Waals surface area contributed by atoms with E-state index in [1.54, 1.807) is 0 Å². The highest BCUT2D eigenvalue weighted by Crippen LogP contribution is 2.16. The van der Waals surface area contributed by atoms with E-state index in [0.29, 0.717) is 6.04 Å². The summed E-state index contributed by atoms with van der Waals surface area (Å²) in [5.41, 5.74) is 0.905. The van der Waals surface area contributed by atoms with E-state index < -0.39 is 0 Å². The molecule has 7 heteroatoms. The van der Waals surface area contributed by atoms with Crippen LogP contribution in [0.3, 0.4) is 0 Å². The van der Waals surface area contributed by atoms with Gasteiger partial charge in [-0.3, -0.25) is 9.39 Å². The van der Waals surface area contributed by atoms with Crippen LogP contribution >= 0.6 is 11.8 Å². The number of hydrogen-bond acceptors (Lipinski definition) is 4. The molecule has 0 amide bonds. The van der Waals surface area contributed by atoms with Gasteiger partial charge in [0.1, 0.15) is 5.82 Å². The number of pyridine rings is 1. The summed E-state index contributed by atoms with van der Waals surface area (Å²) in [5, 5.41) is 15.4. The highest BCUT2D eigenvalue weighted by atomic mass is 32.2. The van der Waals surface area contributed by atoms with Crippen molar-refractivity contribution in [3.8, 4) is 0 Å². The van der Waals surface area contributed by atoms with Crippen molar-refractivity contribution in [1.82, 2.24) is 25.2 Å². The fourth-order valence-electron chi connectivity index (χ4n) is 2.76. The third-order valence-electron chi connectivity index (χ3n) is 3.98. The van der Waals surface area contributed by atoms with Crippen LogP contribution in [0.25, 0.3) is 5.65 Å². The van der Waals surface area contributed by atoms with Crippen LogP contribution in [-0.4, -0.2) is 51.7 Å². The average Bonchev–Trinajstić information content (AvgIpc) is 3.02. The molecule has 0 radical (unpaired) electrons. The molecule has 1 saturated heterocycles. The van der Waals surface area contributed by atoms with Gasteiger partial charge in [0.2, 0.25) is 0 Å². The second-order valence-corrected chi connectivity index (χ2v) is 6.86. The molecule has 6 nitrogen and oxygen atoms in total. The number of hydrogen-bond donors (Lipinski definition) is 2. The van der Waals surface area contributed by atoms with Crippen LogP contribution in [0.2, 0.25) is 0 Å². The summed E-state index contributed by atoms with van der Waals surface area (Å²) in [6.07, 6.45) is 6.43. The van der Waals surface area contributed by atoms with Gasteiger partial charge >= 0.3 is 0 Å². The molecule has 0 bridgehead atoms. The van der Waals surface area contributed by atoms with Gasteiger partial charge in [0, 0.05) is 38.0 Å². The molecule has 2 N–H and O–H groups in total. The summed E-state index contributed by atoms with van der Waals surface area (Å²) in [6.45, 7) is 0.876. The lowest BCUT2D eigenvalue weighted by Crippen LogP contribution is -2.45. The molecule has 0 aromatic carbocycles. The molecular weight excluding hydrogens is 308 g/mol. The first-order chi connectivity index (χ1) is 11.4. The second kappa shape index (κ2) is 8.19. The molecule has 1 unspecified atom stereocenters. The van der Waals surface area contributed by atoms with E-state index in [1.807, 2.05) is 47.6 Å². The topological polar surface area (TPSA) is 66.6 Å². The molecule has 2 aromatic rings. The van der Waals surface area contributed by atoms with Crippen LogP contribution in [0.15, 0.2) is 29.4 Å². The van der Waals surface area contributed by atoms with Gasteiger partial charge < -0.3 is 10.6 Å². The predicted molar refractivity (Wildman–Crippen MR) is 96.2 cm³/mol. The standard InChI is InChI=1S/C16H24N6S/c1-17-16(19-13-6-5-11-23-12-13)18-9-4-8-15-21-20-14-7-2-3-10-22(14)15/h2-3,7,10,13H,4-6,8-9,11-12H2,1H3,(H2,17,18,19). The minimum atomic E-state index is 0.542. The summed E-state index contributed by atoms with van der Waals surface area (Å²) < 4.78 is 2.05.